The van der Waals surface area contributed by atoms with E-state index in [1.807, 2.05) is 12.1 Å². The molecule has 2 aliphatic rings. The summed E-state index contributed by atoms with van der Waals surface area (Å²) in [6.07, 6.45) is 17.4. The van der Waals surface area contributed by atoms with Crippen molar-refractivity contribution >= 4 is 24.1 Å². The summed E-state index contributed by atoms with van der Waals surface area (Å²) >= 11 is 0. The number of benzene rings is 2. The van der Waals surface area contributed by atoms with E-state index in [0.717, 1.165) is 42.4 Å². The van der Waals surface area contributed by atoms with Gasteiger partial charge in [-0.3, -0.25) is 19.2 Å². The third-order valence-corrected chi connectivity index (χ3v) is 15.7. The summed E-state index contributed by atoms with van der Waals surface area (Å²) in [5, 5.41) is 5.71. The molecule has 2 N–H and O–H groups in total. The topological polar surface area (TPSA) is 237 Å². The SMILES string of the molecule is CCCCCCCCCCCCCCCC(=O)OCOC(=O)N[C@H]1CCc2cc(OC)c(OC)c(OC)c2-c2ccc(OC)c(=O)cc21.COc1cc2c(c(OC)c1OC)-c1ccc(OC)c(=O)cc1[C@@H](NC(=O)OC(C)OC(=O)CCCC(C)C)CC2. The number of aryl methyl sites for hydroxylation is 2. The Bertz CT molecular complexity index is 3060. The van der Waals surface area contributed by atoms with E-state index in [0.29, 0.717) is 100 Å². The van der Waals surface area contributed by atoms with Crippen molar-refractivity contribution in [3.8, 4) is 68.2 Å². The number of ether oxygens (including phenoxy) is 12. The summed E-state index contributed by atoms with van der Waals surface area (Å²) in [7, 11) is 12.1. The number of nitrogens with one attached hydrogen (secondary N) is 2. The van der Waals surface area contributed by atoms with Crippen molar-refractivity contribution in [2.45, 2.75) is 181 Å². The van der Waals surface area contributed by atoms with Gasteiger partial charge in [0.1, 0.15) is 0 Å². The molecule has 3 atom stereocenters. The van der Waals surface area contributed by atoms with Crippen LogP contribution in [0, 0.1) is 5.92 Å². The van der Waals surface area contributed by atoms with Crippen LogP contribution in [0.4, 0.5) is 9.59 Å². The molecule has 0 fully saturated rings. The number of esters is 2. The van der Waals surface area contributed by atoms with Gasteiger partial charge < -0.3 is 67.5 Å². The van der Waals surface area contributed by atoms with Crippen molar-refractivity contribution < 1.29 is 76.0 Å². The third kappa shape index (κ3) is 20.3. The fraction of sp³-hybridized carbons (Fsp3) is 0.559. The minimum absolute atomic E-state index is 0.147. The van der Waals surface area contributed by atoms with E-state index < -0.39 is 49.3 Å². The second-order valence-corrected chi connectivity index (χ2v) is 22.2. The van der Waals surface area contributed by atoms with E-state index in [4.69, 9.17) is 56.8 Å². The van der Waals surface area contributed by atoms with Crippen LogP contribution in [0.15, 0.2) is 58.1 Å². The van der Waals surface area contributed by atoms with Crippen molar-refractivity contribution in [3.63, 3.8) is 0 Å². The highest BCUT2D eigenvalue weighted by atomic mass is 16.7. The maximum Gasteiger partial charge on any atom is 0.410 e. The molecule has 20 nitrogen and oxygen atoms in total. The molecule has 4 aromatic carbocycles. The van der Waals surface area contributed by atoms with Crippen LogP contribution < -0.4 is 59.4 Å². The van der Waals surface area contributed by atoms with E-state index >= 15 is 0 Å². The van der Waals surface area contributed by atoms with Gasteiger partial charge in [-0.2, -0.15) is 0 Å². The monoisotopic (exact) mass is 1230 g/mol. The second kappa shape index (κ2) is 37.1. The Hall–Kier alpha value is -7.90. The Morgan fingerprint density at radius 3 is 1.31 bits per heavy atom. The van der Waals surface area contributed by atoms with Gasteiger partial charge in [0, 0.05) is 30.9 Å². The molecule has 2 aliphatic carbocycles. The Morgan fingerprint density at radius 1 is 0.466 bits per heavy atom. The molecule has 2 amide bonds. The zero-order chi connectivity index (χ0) is 64.1. The van der Waals surface area contributed by atoms with Gasteiger partial charge in [0.25, 0.3) is 0 Å². The number of hydrogen-bond acceptors (Lipinski definition) is 18. The molecule has 0 bridgehead atoms. The molecule has 20 heteroatoms. The smallest absolute Gasteiger partial charge is 0.410 e. The lowest BCUT2D eigenvalue weighted by Gasteiger charge is -2.21. The van der Waals surface area contributed by atoms with Gasteiger partial charge in [0.2, 0.25) is 35.4 Å². The maximum absolute atomic E-state index is 13.0. The zero-order valence-corrected chi connectivity index (χ0v) is 53.8. The van der Waals surface area contributed by atoms with Crippen LogP contribution in [0.25, 0.3) is 22.3 Å². The molecule has 88 heavy (non-hydrogen) atoms. The van der Waals surface area contributed by atoms with Crippen LogP contribution in [-0.2, 0) is 41.4 Å². The van der Waals surface area contributed by atoms with Gasteiger partial charge in [-0.15, -0.1) is 0 Å². The molecule has 0 saturated heterocycles. The van der Waals surface area contributed by atoms with Crippen LogP contribution in [0.1, 0.15) is 184 Å². The summed E-state index contributed by atoms with van der Waals surface area (Å²) in [4.78, 5) is 76.2. The van der Waals surface area contributed by atoms with Crippen LogP contribution in [0.5, 0.6) is 46.0 Å². The lowest BCUT2D eigenvalue weighted by atomic mass is 9.95. The Kier molecular flexibility index (Phi) is 29.8. The molecule has 0 saturated carbocycles. The van der Waals surface area contributed by atoms with Gasteiger partial charge in [-0.1, -0.05) is 116 Å². The average Bonchev–Trinajstić information content (AvgIpc) is 1.96. The van der Waals surface area contributed by atoms with Crippen LogP contribution in [-0.4, -0.2) is 94.1 Å². The molecule has 1 unspecified atom stereocenters. The van der Waals surface area contributed by atoms with Gasteiger partial charge in [0.15, 0.2) is 34.5 Å². The Labute approximate surface area is 518 Å². The molecule has 0 radical (unpaired) electrons. The summed E-state index contributed by atoms with van der Waals surface area (Å²) < 4.78 is 65.5. The van der Waals surface area contributed by atoms with Gasteiger partial charge >= 0.3 is 24.1 Å². The van der Waals surface area contributed by atoms with Crippen LogP contribution in [0.3, 0.4) is 0 Å². The lowest BCUT2D eigenvalue weighted by molar-refractivity contribution is -0.165. The molecule has 484 valence electrons. The van der Waals surface area contributed by atoms with Gasteiger partial charge in [-0.05, 0) is 114 Å². The molecule has 4 aromatic rings. The van der Waals surface area contributed by atoms with Crippen molar-refractivity contribution in [1.29, 1.82) is 0 Å². The highest BCUT2D eigenvalue weighted by Crippen LogP contribution is 2.52. The first-order chi connectivity index (χ1) is 42.5. The summed E-state index contributed by atoms with van der Waals surface area (Å²) in [5.74, 6) is 2.67. The number of hydrogen-bond donors (Lipinski definition) is 2. The predicted molar refractivity (Wildman–Crippen MR) is 336 cm³/mol. The third-order valence-electron chi connectivity index (χ3n) is 15.7. The van der Waals surface area contributed by atoms with E-state index in [2.05, 4.69) is 31.4 Å². The van der Waals surface area contributed by atoms with E-state index in [1.165, 1.54) is 126 Å². The fourth-order valence-electron chi connectivity index (χ4n) is 11.2. The highest BCUT2D eigenvalue weighted by Gasteiger charge is 2.33. The minimum atomic E-state index is -1.08. The van der Waals surface area contributed by atoms with E-state index in [1.54, 1.807) is 38.5 Å². The summed E-state index contributed by atoms with van der Waals surface area (Å²) in [6.45, 7) is 7.41. The predicted octanol–water partition coefficient (Wildman–Crippen LogP) is 13.6. The van der Waals surface area contributed by atoms with E-state index in [9.17, 15) is 28.8 Å². The summed E-state index contributed by atoms with van der Waals surface area (Å²) in [5.41, 5.74) is 4.95. The number of amides is 2. The zero-order valence-electron chi connectivity index (χ0n) is 53.8. The van der Waals surface area contributed by atoms with Crippen molar-refractivity contribution in [2.75, 3.05) is 63.7 Å². The van der Waals surface area contributed by atoms with Gasteiger partial charge in [0.05, 0.1) is 69.0 Å². The molecule has 0 aliphatic heterocycles. The standard InChI is InChI=1S/C38H55NO9.C30H39NO9/c1-6-7-8-9-10-11-12-13-14-15-16-17-18-19-34(41)47-26-48-38(42)39-30-22-20-27-24-33(44-3)36(45-4)37(46-5)35(27)28-21-23-32(43-2)31(40)25-29(28)30;1-17(2)9-8-10-26(33)39-18(3)40-30(34)31-22-13-11-19-15-25(36-5)28(37-6)29(38-7)27(19)20-12-14-24(35-4)23(32)16-21(20)22/h21,23-25,30H,6-20,22,26H2,1-5H3,(H,39,42);12,14-18,22H,8-11,13H2,1-7H3,(H,31,34)/t30-;18?,22-/m00/s1. The first-order valence-electron chi connectivity index (χ1n) is 30.9. The molecule has 0 spiro atoms. The largest absolute Gasteiger partial charge is 0.493 e. The Balaban J connectivity index is 0.000000326. The van der Waals surface area contributed by atoms with Crippen molar-refractivity contribution in [2.24, 2.45) is 5.92 Å². The number of methoxy groups -OCH3 is 8. The quantitative estimate of drug-likeness (QED) is 0.0262. The lowest BCUT2D eigenvalue weighted by Crippen LogP contribution is -2.33. The average molecular weight is 1230 g/mol. The Morgan fingerprint density at radius 2 is 0.886 bits per heavy atom. The molecule has 0 aromatic heterocycles. The summed E-state index contributed by atoms with van der Waals surface area (Å²) in [6, 6.07) is 12.1. The number of carbonyl (C=O) groups excluding carboxylic acids is 4. The first-order valence-corrected chi connectivity index (χ1v) is 30.9. The number of unbranched alkanes of at least 4 members (excludes halogenated alkanes) is 12. The number of fused-ring (bicyclic) bond motifs is 6. The molecular formula is C68H94N2O18. The fourth-order valence-corrected chi connectivity index (χ4v) is 11.2. The van der Waals surface area contributed by atoms with Crippen LogP contribution >= 0.6 is 0 Å². The number of alkyl carbamates (subject to hydrolysis) is 2. The molecule has 6 rings (SSSR count). The van der Waals surface area contributed by atoms with Crippen LogP contribution in [0.2, 0.25) is 0 Å². The number of rotatable bonds is 32. The normalized spacial score (nSPS) is 14.0. The van der Waals surface area contributed by atoms with Crippen molar-refractivity contribution in [1.82, 2.24) is 10.6 Å². The number of carbonyl (C=O) groups is 4. The molecular weight excluding hydrogens is 1130 g/mol. The maximum atomic E-state index is 13.0. The van der Waals surface area contributed by atoms with Gasteiger partial charge in [-0.25, -0.2) is 9.59 Å². The molecule has 0 heterocycles. The second-order valence-electron chi connectivity index (χ2n) is 22.2. The van der Waals surface area contributed by atoms with Crippen molar-refractivity contribution in [3.05, 3.63) is 91.2 Å². The highest BCUT2D eigenvalue weighted by molar-refractivity contribution is 5.85. The first kappa shape index (κ1) is 70.9. The van der Waals surface area contributed by atoms with E-state index in [-0.39, 0.29) is 35.2 Å². The minimum Gasteiger partial charge on any atom is -0.493 e.